The number of rotatable bonds is 6. The zero-order chi connectivity index (χ0) is 12.8. The Bertz CT molecular complexity index is 320. The second kappa shape index (κ2) is 7.30. The van der Waals surface area contributed by atoms with Crippen LogP contribution in [0.4, 0.5) is 0 Å². The summed E-state index contributed by atoms with van der Waals surface area (Å²) in [6.45, 7) is 5.68. The second-order valence-electron chi connectivity index (χ2n) is 5.68. The molecule has 0 amide bonds. The molecular weight excluding hydrogens is 238 g/mol. The molecule has 0 aliphatic heterocycles. The second-order valence-corrected chi connectivity index (χ2v) is 6.71. The first kappa shape index (κ1) is 14.1. The molecule has 1 N–H and O–H groups in total. The molecule has 102 valence electrons. The van der Waals surface area contributed by atoms with Gasteiger partial charge in [-0.15, -0.1) is 11.3 Å². The van der Waals surface area contributed by atoms with E-state index in [1.54, 1.807) is 4.88 Å². The average Bonchev–Trinajstić information content (AvgIpc) is 2.86. The fourth-order valence-electron chi connectivity index (χ4n) is 3.48. The minimum Gasteiger partial charge on any atom is -0.314 e. The van der Waals surface area contributed by atoms with Crippen LogP contribution >= 0.6 is 11.3 Å². The first-order valence-electron chi connectivity index (χ1n) is 7.59. The molecule has 1 aromatic rings. The molecular formula is C16H27NS. The lowest BCUT2D eigenvalue weighted by Crippen LogP contribution is -2.41. The summed E-state index contributed by atoms with van der Waals surface area (Å²) in [6.07, 6.45) is 8.32. The Morgan fingerprint density at radius 2 is 2.22 bits per heavy atom. The molecule has 2 heteroatoms. The van der Waals surface area contributed by atoms with Gasteiger partial charge in [0.25, 0.3) is 0 Å². The van der Waals surface area contributed by atoms with E-state index in [4.69, 9.17) is 0 Å². The van der Waals surface area contributed by atoms with Crippen molar-refractivity contribution in [2.75, 3.05) is 6.54 Å². The van der Waals surface area contributed by atoms with Crippen LogP contribution in [-0.4, -0.2) is 12.6 Å². The summed E-state index contributed by atoms with van der Waals surface area (Å²) in [6, 6.07) is 5.25. The van der Waals surface area contributed by atoms with Gasteiger partial charge in [0.15, 0.2) is 0 Å². The van der Waals surface area contributed by atoms with Crippen LogP contribution in [0, 0.1) is 11.8 Å². The predicted molar refractivity (Wildman–Crippen MR) is 81.2 cm³/mol. The summed E-state index contributed by atoms with van der Waals surface area (Å²) in [5.74, 6) is 1.84. The molecule has 1 aliphatic rings. The average molecular weight is 265 g/mol. The Kier molecular flexibility index (Phi) is 5.71. The van der Waals surface area contributed by atoms with Crippen molar-refractivity contribution in [2.24, 2.45) is 11.8 Å². The van der Waals surface area contributed by atoms with Crippen molar-refractivity contribution < 1.29 is 0 Å². The molecule has 0 bridgehead atoms. The number of nitrogens with one attached hydrogen (secondary N) is 1. The smallest absolute Gasteiger partial charge is 0.00988 e. The monoisotopic (exact) mass is 265 g/mol. The Labute approximate surface area is 116 Å². The highest BCUT2D eigenvalue weighted by molar-refractivity contribution is 7.09. The first-order valence-corrected chi connectivity index (χ1v) is 8.47. The molecule has 18 heavy (non-hydrogen) atoms. The molecule has 1 aliphatic carbocycles. The molecule has 3 atom stereocenters. The molecule has 1 saturated carbocycles. The predicted octanol–water partition coefficient (Wildman–Crippen LogP) is 4.49. The van der Waals surface area contributed by atoms with Gasteiger partial charge in [0, 0.05) is 10.9 Å². The van der Waals surface area contributed by atoms with E-state index in [-0.39, 0.29) is 0 Å². The Morgan fingerprint density at radius 3 is 2.89 bits per heavy atom. The summed E-state index contributed by atoms with van der Waals surface area (Å²) in [7, 11) is 0. The number of thiophene rings is 1. The highest BCUT2D eigenvalue weighted by Crippen LogP contribution is 2.34. The Morgan fingerprint density at radius 1 is 1.33 bits per heavy atom. The lowest BCUT2D eigenvalue weighted by molar-refractivity contribution is 0.196. The minimum atomic E-state index is 0.755. The van der Waals surface area contributed by atoms with E-state index in [0.29, 0.717) is 0 Å². The van der Waals surface area contributed by atoms with Crippen molar-refractivity contribution in [1.82, 2.24) is 5.32 Å². The van der Waals surface area contributed by atoms with Gasteiger partial charge in [-0.25, -0.2) is 0 Å². The molecule has 1 fully saturated rings. The van der Waals surface area contributed by atoms with E-state index in [2.05, 4.69) is 36.7 Å². The topological polar surface area (TPSA) is 12.0 Å². The molecule has 3 unspecified atom stereocenters. The fraction of sp³-hybridized carbons (Fsp3) is 0.750. The van der Waals surface area contributed by atoms with E-state index in [9.17, 15) is 0 Å². The molecule has 1 aromatic heterocycles. The zero-order valence-electron chi connectivity index (χ0n) is 11.8. The van der Waals surface area contributed by atoms with E-state index in [1.807, 2.05) is 11.3 Å². The van der Waals surface area contributed by atoms with Gasteiger partial charge in [-0.2, -0.15) is 0 Å². The molecule has 1 nitrogen and oxygen atoms in total. The van der Waals surface area contributed by atoms with Crippen molar-refractivity contribution in [3.8, 4) is 0 Å². The fourth-order valence-corrected chi connectivity index (χ4v) is 4.27. The maximum Gasteiger partial charge on any atom is 0.00988 e. The van der Waals surface area contributed by atoms with Crippen molar-refractivity contribution >= 4 is 11.3 Å². The van der Waals surface area contributed by atoms with Crippen LogP contribution in [0.1, 0.15) is 50.8 Å². The summed E-state index contributed by atoms with van der Waals surface area (Å²) in [5.41, 5.74) is 0. The molecule has 2 rings (SSSR count). The standard InChI is InChI=1S/C16H27NS/c1-3-6-13-8-9-16(17-4-2)14(11-13)12-15-7-5-10-18-15/h5,7,10,13-14,16-17H,3-4,6,8-9,11-12H2,1-2H3. The van der Waals surface area contributed by atoms with Gasteiger partial charge >= 0.3 is 0 Å². The number of hydrogen-bond donors (Lipinski definition) is 1. The van der Waals surface area contributed by atoms with Gasteiger partial charge in [0.2, 0.25) is 0 Å². The van der Waals surface area contributed by atoms with Crippen LogP contribution in [0.3, 0.4) is 0 Å². The van der Waals surface area contributed by atoms with Crippen LogP contribution in [0.25, 0.3) is 0 Å². The molecule has 0 radical (unpaired) electrons. The van der Waals surface area contributed by atoms with Gasteiger partial charge < -0.3 is 5.32 Å². The van der Waals surface area contributed by atoms with Crippen molar-refractivity contribution in [1.29, 1.82) is 0 Å². The molecule has 1 heterocycles. The summed E-state index contributed by atoms with van der Waals surface area (Å²) < 4.78 is 0. The maximum absolute atomic E-state index is 3.71. The third-order valence-corrected chi connectivity index (χ3v) is 5.20. The number of hydrogen-bond acceptors (Lipinski definition) is 2. The van der Waals surface area contributed by atoms with Crippen molar-refractivity contribution in [2.45, 2.75) is 58.4 Å². The van der Waals surface area contributed by atoms with E-state index < -0.39 is 0 Å². The minimum absolute atomic E-state index is 0.755. The zero-order valence-corrected chi connectivity index (χ0v) is 12.6. The lowest BCUT2D eigenvalue weighted by atomic mass is 9.75. The van der Waals surface area contributed by atoms with Gasteiger partial charge in [-0.1, -0.05) is 32.8 Å². The van der Waals surface area contributed by atoms with Gasteiger partial charge in [0.05, 0.1) is 0 Å². The third-order valence-electron chi connectivity index (χ3n) is 4.30. The van der Waals surface area contributed by atoms with E-state index in [0.717, 1.165) is 24.4 Å². The molecule has 0 spiro atoms. The van der Waals surface area contributed by atoms with E-state index >= 15 is 0 Å². The van der Waals surface area contributed by atoms with Gasteiger partial charge in [0.1, 0.15) is 0 Å². The summed E-state index contributed by atoms with van der Waals surface area (Å²) in [5, 5.41) is 5.93. The van der Waals surface area contributed by atoms with E-state index in [1.165, 1.54) is 38.5 Å². The van der Waals surface area contributed by atoms with Crippen LogP contribution in [0.15, 0.2) is 17.5 Å². The van der Waals surface area contributed by atoms with Crippen LogP contribution in [-0.2, 0) is 6.42 Å². The van der Waals surface area contributed by atoms with Crippen LogP contribution < -0.4 is 5.32 Å². The van der Waals surface area contributed by atoms with Crippen molar-refractivity contribution in [3.63, 3.8) is 0 Å². The highest BCUT2D eigenvalue weighted by Gasteiger charge is 2.29. The summed E-state index contributed by atoms with van der Waals surface area (Å²) >= 11 is 1.92. The Hall–Kier alpha value is -0.340. The van der Waals surface area contributed by atoms with Crippen molar-refractivity contribution in [3.05, 3.63) is 22.4 Å². The normalized spacial score (nSPS) is 28.4. The quantitative estimate of drug-likeness (QED) is 0.799. The SMILES string of the molecule is CCCC1CCC(NCC)C(Cc2cccs2)C1. The Balaban J connectivity index is 1.95. The highest BCUT2D eigenvalue weighted by atomic mass is 32.1. The van der Waals surface area contributed by atoms with Crippen LogP contribution in [0.5, 0.6) is 0 Å². The van der Waals surface area contributed by atoms with Gasteiger partial charge in [-0.05, 0) is 55.5 Å². The molecule has 0 saturated heterocycles. The molecule has 0 aromatic carbocycles. The first-order chi connectivity index (χ1) is 8.83. The van der Waals surface area contributed by atoms with Crippen LogP contribution in [0.2, 0.25) is 0 Å². The third kappa shape index (κ3) is 3.83. The summed E-state index contributed by atoms with van der Waals surface area (Å²) in [4.78, 5) is 1.57. The maximum atomic E-state index is 3.71. The van der Waals surface area contributed by atoms with Gasteiger partial charge in [-0.3, -0.25) is 0 Å². The lowest BCUT2D eigenvalue weighted by Gasteiger charge is -2.36. The largest absolute Gasteiger partial charge is 0.314 e.